The molecule has 2 unspecified atom stereocenters. The highest BCUT2D eigenvalue weighted by atomic mass is 32.2. The number of carbonyl (C=O) groups is 2. The SMILES string of the molecule is C=CCC(C(=O)O)C(CCCCCCCCCCCCC)(C(=O)O)S(=O)(=O)O. The Kier molecular flexibility index (Phi) is 13.0. The minimum Gasteiger partial charge on any atom is -0.481 e. The first kappa shape index (κ1) is 26.6. The Balaban J connectivity index is 4.66. The van der Waals surface area contributed by atoms with Crippen LogP contribution in [0, 0.1) is 5.92 Å². The van der Waals surface area contributed by atoms with E-state index in [-0.39, 0.29) is 12.8 Å². The molecule has 0 saturated heterocycles. The lowest BCUT2D eigenvalue weighted by Gasteiger charge is -2.31. The lowest BCUT2D eigenvalue weighted by Crippen LogP contribution is -2.54. The molecule has 0 rings (SSSR count). The summed E-state index contributed by atoms with van der Waals surface area (Å²) in [5.74, 6) is -5.21. The average molecular weight is 421 g/mol. The molecular weight excluding hydrogens is 384 g/mol. The summed E-state index contributed by atoms with van der Waals surface area (Å²) in [7, 11) is -5.13. The molecule has 0 bridgehead atoms. The fourth-order valence-electron chi connectivity index (χ4n) is 3.56. The number of carboxylic acids is 2. The molecule has 0 aliphatic carbocycles. The minimum atomic E-state index is -5.13. The minimum absolute atomic E-state index is 0.212. The van der Waals surface area contributed by atoms with Gasteiger partial charge in [0.1, 0.15) is 0 Å². The normalized spacial score (nSPS) is 14.9. The summed E-state index contributed by atoms with van der Waals surface area (Å²) in [6, 6.07) is 0. The third-order valence-corrected chi connectivity index (χ3v) is 6.82. The Hall–Kier alpha value is -1.41. The molecule has 0 aromatic carbocycles. The topological polar surface area (TPSA) is 129 Å². The van der Waals surface area contributed by atoms with Gasteiger partial charge in [-0.2, -0.15) is 8.42 Å². The monoisotopic (exact) mass is 420 g/mol. The lowest BCUT2D eigenvalue weighted by molar-refractivity contribution is -0.152. The van der Waals surface area contributed by atoms with Crippen molar-refractivity contribution < 1.29 is 32.8 Å². The Labute approximate surface area is 169 Å². The van der Waals surface area contributed by atoms with Crippen molar-refractivity contribution in [2.75, 3.05) is 0 Å². The van der Waals surface area contributed by atoms with E-state index >= 15 is 0 Å². The van der Waals surface area contributed by atoms with Crippen molar-refractivity contribution in [2.45, 2.75) is 95.1 Å². The fraction of sp³-hybridized carbons (Fsp3) is 0.800. The van der Waals surface area contributed by atoms with Crippen LogP contribution >= 0.6 is 0 Å². The molecule has 164 valence electrons. The van der Waals surface area contributed by atoms with E-state index in [4.69, 9.17) is 0 Å². The van der Waals surface area contributed by atoms with Crippen LogP contribution in [-0.4, -0.2) is 39.9 Å². The van der Waals surface area contributed by atoms with Crippen molar-refractivity contribution in [2.24, 2.45) is 5.92 Å². The summed E-state index contributed by atoms with van der Waals surface area (Å²) in [4.78, 5) is 23.3. The molecule has 0 aliphatic rings. The number of carboxylic acid groups (broad SMARTS) is 2. The smallest absolute Gasteiger partial charge is 0.328 e. The van der Waals surface area contributed by atoms with Gasteiger partial charge in [0.05, 0.1) is 5.92 Å². The highest BCUT2D eigenvalue weighted by Gasteiger charge is 2.58. The Morgan fingerprint density at radius 1 is 0.929 bits per heavy atom. The van der Waals surface area contributed by atoms with E-state index in [0.29, 0.717) is 6.42 Å². The van der Waals surface area contributed by atoms with Gasteiger partial charge in [-0.05, 0) is 12.8 Å². The van der Waals surface area contributed by atoms with E-state index in [1.54, 1.807) is 0 Å². The molecular formula is C20H36O7S. The maximum absolute atomic E-state index is 11.9. The van der Waals surface area contributed by atoms with E-state index < -0.39 is 39.1 Å². The second-order valence-corrected chi connectivity index (χ2v) is 9.05. The van der Waals surface area contributed by atoms with Crippen LogP contribution in [0.2, 0.25) is 0 Å². The van der Waals surface area contributed by atoms with Crippen LogP contribution in [0.25, 0.3) is 0 Å². The molecule has 0 aromatic heterocycles. The van der Waals surface area contributed by atoms with Crippen molar-refractivity contribution in [1.29, 1.82) is 0 Å². The third-order valence-electron chi connectivity index (χ3n) is 5.24. The maximum atomic E-state index is 11.9. The van der Waals surface area contributed by atoms with Crippen molar-refractivity contribution in [1.82, 2.24) is 0 Å². The zero-order valence-electron chi connectivity index (χ0n) is 16.9. The summed E-state index contributed by atoms with van der Waals surface area (Å²) in [6.45, 7) is 5.54. The van der Waals surface area contributed by atoms with Gasteiger partial charge >= 0.3 is 11.9 Å². The van der Waals surface area contributed by atoms with Crippen molar-refractivity contribution in [3.05, 3.63) is 12.7 Å². The summed E-state index contributed by atoms with van der Waals surface area (Å²) in [6.07, 6.45) is 11.3. The number of hydrogen-bond donors (Lipinski definition) is 3. The Morgan fingerprint density at radius 3 is 1.68 bits per heavy atom. The first-order chi connectivity index (χ1) is 13.1. The van der Waals surface area contributed by atoms with E-state index in [1.807, 2.05) is 0 Å². The predicted molar refractivity (Wildman–Crippen MR) is 109 cm³/mol. The number of rotatable bonds is 18. The highest BCUT2D eigenvalue weighted by Crippen LogP contribution is 2.36. The maximum Gasteiger partial charge on any atom is 0.328 e. The second kappa shape index (κ2) is 13.7. The van der Waals surface area contributed by atoms with Gasteiger partial charge < -0.3 is 10.2 Å². The molecule has 0 heterocycles. The van der Waals surface area contributed by atoms with Gasteiger partial charge in [0, 0.05) is 0 Å². The zero-order valence-corrected chi connectivity index (χ0v) is 17.8. The van der Waals surface area contributed by atoms with Crippen LogP contribution < -0.4 is 0 Å². The molecule has 0 radical (unpaired) electrons. The van der Waals surface area contributed by atoms with Gasteiger partial charge in [-0.25, -0.2) is 0 Å². The predicted octanol–water partition coefficient (Wildman–Crippen LogP) is 4.68. The van der Waals surface area contributed by atoms with Crippen molar-refractivity contribution >= 4 is 22.1 Å². The zero-order chi connectivity index (χ0) is 21.6. The van der Waals surface area contributed by atoms with Crippen molar-refractivity contribution in [3.63, 3.8) is 0 Å². The van der Waals surface area contributed by atoms with Crippen LogP contribution in [0.1, 0.15) is 90.4 Å². The van der Waals surface area contributed by atoms with Crippen LogP contribution in [-0.2, 0) is 19.7 Å². The summed E-state index contributed by atoms with van der Waals surface area (Å²) < 4.78 is 30.7. The summed E-state index contributed by atoms with van der Waals surface area (Å²) in [5.41, 5.74) is 0. The van der Waals surface area contributed by atoms with Gasteiger partial charge in [-0.3, -0.25) is 14.1 Å². The second-order valence-electron chi connectivity index (χ2n) is 7.37. The van der Waals surface area contributed by atoms with E-state index in [0.717, 1.165) is 31.8 Å². The molecule has 0 aromatic rings. The Bertz CT molecular complexity index is 585. The molecule has 0 saturated carbocycles. The average Bonchev–Trinajstić information content (AvgIpc) is 2.60. The standard InChI is InChI=1S/C20H36O7S/c1-3-5-6-7-8-9-10-11-12-13-14-16-20(19(23)24,28(25,26)27)17(15-4-2)18(21)22/h4,17H,2-3,5-16H2,1H3,(H,21,22)(H,23,24)(H,25,26,27). The quantitative estimate of drug-likeness (QED) is 0.167. The number of allylic oxidation sites excluding steroid dienone is 1. The van der Waals surface area contributed by atoms with Gasteiger partial charge in [0.2, 0.25) is 4.75 Å². The molecule has 2 atom stereocenters. The number of unbranched alkanes of at least 4 members (excludes halogenated alkanes) is 10. The molecule has 0 fully saturated rings. The van der Waals surface area contributed by atoms with Gasteiger partial charge in [-0.15, -0.1) is 6.58 Å². The molecule has 7 nitrogen and oxygen atoms in total. The van der Waals surface area contributed by atoms with E-state index in [2.05, 4.69) is 13.5 Å². The molecule has 0 spiro atoms. The van der Waals surface area contributed by atoms with Gasteiger partial charge in [0.15, 0.2) is 0 Å². The van der Waals surface area contributed by atoms with Gasteiger partial charge in [-0.1, -0.05) is 83.6 Å². The fourth-order valence-corrected chi connectivity index (χ4v) is 4.74. The van der Waals surface area contributed by atoms with Crippen molar-refractivity contribution in [3.8, 4) is 0 Å². The summed E-state index contributed by atoms with van der Waals surface area (Å²) >= 11 is 0. The Morgan fingerprint density at radius 2 is 1.36 bits per heavy atom. The number of hydrogen-bond acceptors (Lipinski definition) is 4. The summed E-state index contributed by atoms with van der Waals surface area (Å²) in [5, 5.41) is 18.9. The first-order valence-electron chi connectivity index (χ1n) is 10.2. The molecule has 0 amide bonds. The largest absolute Gasteiger partial charge is 0.481 e. The third kappa shape index (κ3) is 8.31. The molecule has 8 heteroatoms. The molecule has 0 aliphatic heterocycles. The van der Waals surface area contributed by atoms with Crippen LogP contribution in [0.5, 0.6) is 0 Å². The van der Waals surface area contributed by atoms with E-state index in [1.165, 1.54) is 32.1 Å². The molecule has 3 N–H and O–H groups in total. The van der Waals surface area contributed by atoms with Crippen LogP contribution in [0.15, 0.2) is 12.7 Å². The lowest BCUT2D eigenvalue weighted by atomic mass is 9.84. The van der Waals surface area contributed by atoms with Crippen LogP contribution in [0.3, 0.4) is 0 Å². The highest BCUT2D eigenvalue weighted by molar-refractivity contribution is 7.88. The number of aliphatic carboxylic acids is 2. The first-order valence-corrected chi connectivity index (χ1v) is 11.6. The van der Waals surface area contributed by atoms with Crippen LogP contribution in [0.4, 0.5) is 0 Å². The molecule has 28 heavy (non-hydrogen) atoms. The van der Waals surface area contributed by atoms with E-state index in [9.17, 15) is 32.8 Å². The van der Waals surface area contributed by atoms with Gasteiger partial charge in [0.25, 0.3) is 10.1 Å².